The lowest BCUT2D eigenvalue weighted by Crippen LogP contribution is -2.18. The Hall–Kier alpha value is -1.40. The van der Waals surface area contributed by atoms with Gasteiger partial charge in [0.15, 0.2) is 5.75 Å². The van der Waals surface area contributed by atoms with E-state index in [0.29, 0.717) is 0 Å². The first kappa shape index (κ1) is 13.0. The largest absolute Gasteiger partial charge is 0.493 e. The SMILES string of the molecule is COc1cnn(C(C)C)c1C(N)c1cnc(C)s1. The first-order valence-electron chi connectivity index (χ1n) is 5.84. The van der Waals surface area contributed by atoms with Crippen molar-refractivity contribution in [1.82, 2.24) is 14.8 Å². The van der Waals surface area contributed by atoms with Gasteiger partial charge in [0.25, 0.3) is 0 Å². The summed E-state index contributed by atoms with van der Waals surface area (Å²) in [4.78, 5) is 5.27. The Kier molecular flexibility index (Phi) is 3.68. The van der Waals surface area contributed by atoms with Crippen LogP contribution in [0.3, 0.4) is 0 Å². The number of rotatable bonds is 4. The molecule has 18 heavy (non-hydrogen) atoms. The summed E-state index contributed by atoms with van der Waals surface area (Å²) in [5, 5.41) is 5.35. The van der Waals surface area contributed by atoms with Crippen LogP contribution in [-0.2, 0) is 0 Å². The predicted octanol–water partition coefficient (Wildman–Crippen LogP) is 2.29. The third kappa shape index (κ3) is 2.26. The van der Waals surface area contributed by atoms with Crippen molar-refractivity contribution in [2.75, 3.05) is 7.11 Å². The van der Waals surface area contributed by atoms with E-state index in [1.807, 2.05) is 17.8 Å². The highest BCUT2D eigenvalue weighted by Gasteiger charge is 2.23. The van der Waals surface area contributed by atoms with Crippen LogP contribution in [0.2, 0.25) is 0 Å². The van der Waals surface area contributed by atoms with Crippen molar-refractivity contribution in [3.8, 4) is 5.75 Å². The average molecular weight is 266 g/mol. The molecule has 0 bridgehead atoms. The van der Waals surface area contributed by atoms with E-state index in [2.05, 4.69) is 23.9 Å². The molecule has 0 saturated heterocycles. The molecular weight excluding hydrogens is 248 g/mol. The van der Waals surface area contributed by atoms with E-state index >= 15 is 0 Å². The quantitative estimate of drug-likeness (QED) is 0.922. The Labute approximate surface area is 111 Å². The van der Waals surface area contributed by atoms with Gasteiger partial charge in [-0.25, -0.2) is 4.98 Å². The number of thiazole rings is 1. The molecule has 2 aromatic rings. The number of methoxy groups -OCH3 is 1. The maximum atomic E-state index is 6.32. The van der Waals surface area contributed by atoms with E-state index < -0.39 is 0 Å². The topological polar surface area (TPSA) is 66.0 Å². The normalized spacial score (nSPS) is 13.0. The molecule has 0 radical (unpaired) electrons. The van der Waals surface area contributed by atoms with Gasteiger partial charge in [-0.1, -0.05) is 0 Å². The van der Waals surface area contributed by atoms with Gasteiger partial charge in [-0.2, -0.15) is 5.10 Å². The lowest BCUT2D eigenvalue weighted by Gasteiger charge is -2.16. The van der Waals surface area contributed by atoms with E-state index in [0.717, 1.165) is 21.3 Å². The maximum Gasteiger partial charge on any atom is 0.161 e. The summed E-state index contributed by atoms with van der Waals surface area (Å²) in [7, 11) is 1.63. The Bertz CT molecular complexity index is 532. The third-order valence-corrected chi connectivity index (χ3v) is 3.74. The monoisotopic (exact) mass is 266 g/mol. The van der Waals surface area contributed by atoms with Gasteiger partial charge < -0.3 is 10.5 Å². The van der Waals surface area contributed by atoms with Crippen LogP contribution >= 0.6 is 11.3 Å². The number of aryl methyl sites for hydroxylation is 1. The number of aromatic nitrogens is 3. The fourth-order valence-electron chi connectivity index (χ4n) is 1.88. The molecule has 0 spiro atoms. The number of ether oxygens (including phenoxy) is 1. The van der Waals surface area contributed by atoms with E-state index in [4.69, 9.17) is 10.5 Å². The molecule has 2 aromatic heterocycles. The van der Waals surface area contributed by atoms with Crippen LogP contribution in [0.25, 0.3) is 0 Å². The Morgan fingerprint density at radius 1 is 1.39 bits per heavy atom. The number of nitrogens with zero attached hydrogens (tertiary/aromatic N) is 3. The molecule has 0 aromatic carbocycles. The standard InChI is InChI=1S/C12H18N4OS/c1-7(2)16-12(9(17-4)5-15-16)11(13)10-6-14-8(3)18-10/h5-7,11H,13H2,1-4H3. The van der Waals surface area contributed by atoms with Crippen LogP contribution in [0.5, 0.6) is 5.75 Å². The van der Waals surface area contributed by atoms with Gasteiger partial charge in [-0.15, -0.1) is 11.3 Å². The summed E-state index contributed by atoms with van der Waals surface area (Å²) in [6.45, 7) is 6.11. The minimum Gasteiger partial charge on any atom is -0.493 e. The van der Waals surface area contributed by atoms with Gasteiger partial charge in [0, 0.05) is 17.1 Å². The summed E-state index contributed by atoms with van der Waals surface area (Å²) in [6.07, 6.45) is 3.53. The zero-order valence-corrected chi connectivity index (χ0v) is 11.9. The van der Waals surface area contributed by atoms with E-state index in [-0.39, 0.29) is 12.1 Å². The molecule has 0 aliphatic rings. The van der Waals surface area contributed by atoms with Crippen LogP contribution in [0.1, 0.15) is 41.5 Å². The van der Waals surface area contributed by atoms with Crippen molar-refractivity contribution in [2.45, 2.75) is 32.9 Å². The molecule has 0 saturated carbocycles. The number of hydrogen-bond donors (Lipinski definition) is 1. The van der Waals surface area contributed by atoms with Gasteiger partial charge in [0.1, 0.15) is 5.69 Å². The average Bonchev–Trinajstić information content (AvgIpc) is 2.93. The molecule has 2 N–H and O–H groups in total. The molecular formula is C12H18N4OS. The minimum atomic E-state index is -0.254. The van der Waals surface area contributed by atoms with E-state index in [9.17, 15) is 0 Å². The second kappa shape index (κ2) is 5.07. The molecule has 0 fully saturated rings. The molecule has 2 rings (SSSR count). The van der Waals surface area contributed by atoms with Crippen molar-refractivity contribution >= 4 is 11.3 Å². The van der Waals surface area contributed by atoms with Gasteiger partial charge in [0.2, 0.25) is 0 Å². The zero-order chi connectivity index (χ0) is 13.3. The molecule has 0 aliphatic carbocycles. The summed E-state index contributed by atoms with van der Waals surface area (Å²) < 4.78 is 7.25. The molecule has 5 nitrogen and oxygen atoms in total. The molecule has 6 heteroatoms. The smallest absolute Gasteiger partial charge is 0.161 e. The van der Waals surface area contributed by atoms with Crippen molar-refractivity contribution in [1.29, 1.82) is 0 Å². The number of hydrogen-bond acceptors (Lipinski definition) is 5. The second-order valence-electron chi connectivity index (χ2n) is 4.40. The molecule has 1 unspecified atom stereocenters. The highest BCUT2D eigenvalue weighted by atomic mass is 32.1. The van der Waals surface area contributed by atoms with E-state index in [1.165, 1.54) is 0 Å². The first-order chi connectivity index (χ1) is 8.54. The third-order valence-electron chi connectivity index (χ3n) is 2.75. The fourth-order valence-corrected chi connectivity index (χ4v) is 2.67. The van der Waals surface area contributed by atoms with Gasteiger partial charge in [-0.05, 0) is 20.8 Å². The Morgan fingerprint density at radius 3 is 2.61 bits per heavy atom. The minimum absolute atomic E-state index is 0.240. The lowest BCUT2D eigenvalue weighted by atomic mass is 10.1. The summed E-state index contributed by atoms with van der Waals surface area (Å²) in [5.41, 5.74) is 7.22. The van der Waals surface area contributed by atoms with Crippen molar-refractivity contribution in [3.05, 3.63) is 28.0 Å². The highest BCUT2D eigenvalue weighted by molar-refractivity contribution is 7.11. The lowest BCUT2D eigenvalue weighted by molar-refractivity contribution is 0.401. The number of nitrogens with two attached hydrogens (primary N) is 1. The summed E-state index contributed by atoms with van der Waals surface area (Å²) in [6, 6.07) is -0.0139. The predicted molar refractivity (Wildman–Crippen MR) is 72.0 cm³/mol. The fraction of sp³-hybridized carbons (Fsp3) is 0.500. The van der Waals surface area contributed by atoms with Crippen LogP contribution < -0.4 is 10.5 Å². The summed E-state index contributed by atoms with van der Waals surface area (Å²) >= 11 is 1.60. The molecule has 2 heterocycles. The first-order valence-corrected chi connectivity index (χ1v) is 6.65. The van der Waals surface area contributed by atoms with Crippen LogP contribution in [0.4, 0.5) is 0 Å². The zero-order valence-electron chi connectivity index (χ0n) is 11.0. The molecule has 0 aliphatic heterocycles. The van der Waals surface area contributed by atoms with Gasteiger partial charge in [0.05, 0.1) is 24.4 Å². The highest BCUT2D eigenvalue weighted by Crippen LogP contribution is 2.32. The second-order valence-corrected chi connectivity index (χ2v) is 5.66. The van der Waals surface area contributed by atoms with E-state index in [1.54, 1.807) is 24.6 Å². The van der Waals surface area contributed by atoms with Crippen LogP contribution in [-0.4, -0.2) is 21.9 Å². The van der Waals surface area contributed by atoms with Crippen molar-refractivity contribution in [3.63, 3.8) is 0 Å². The summed E-state index contributed by atoms with van der Waals surface area (Å²) in [5.74, 6) is 0.724. The molecule has 98 valence electrons. The Balaban J connectivity index is 2.45. The van der Waals surface area contributed by atoms with Gasteiger partial charge in [-0.3, -0.25) is 4.68 Å². The van der Waals surface area contributed by atoms with Crippen LogP contribution in [0, 0.1) is 6.92 Å². The van der Waals surface area contributed by atoms with Crippen molar-refractivity contribution < 1.29 is 4.74 Å². The molecule has 0 amide bonds. The van der Waals surface area contributed by atoms with Crippen molar-refractivity contribution in [2.24, 2.45) is 5.73 Å². The maximum absolute atomic E-state index is 6.32. The molecule has 1 atom stereocenters. The van der Waals surface area contributed by atoms with Gasteiger partial charge >= 0.3 is 0 Å². The Morgan fingerprint density at radius 2 is 2.11 bits per heavy atom. The van der Waals surface area contributed by atoms with Crippen LogP contribution in [0.15, 0.2) is 12.4 Å².